The number of aryl methyl sites for hydroxylation is 1. The molecule has 0 radical (unpaired) electrons. The van der Waals surface area contributed by atoms with Crippen molar-refractivity contribution in [1.82, 2.24) is 9.55 Å². The van der Waals surface area contributed by atoms with E-state index in [1.54, 1.807) is 0 Å². The molecule has 0 fully saturated rings. The van der Waals surface area contributed by atoms with Gasteiger partial charge in [-0.05, 0) is 23.5 Å². The topological polar surface area (TPSA) is 41.6 Å². The number of rotatable bonds is 5. The molecule has 2 aromatic rings. The number of imidazole rings is 1. The summed E-state index contributed by atoms with van der Waals surface area (Å²) in [7, 11) is 0. The number of fused-ring (bicyclic) bond motifs is 1. The fourth-order valence-electron chi connectivity index (χ4n) is 2.33. The van der Waals surface area contributed by atoms with Crippen LogP contribution in [0.1, 0.15) is 39.1 Å². The zero-order valence-corrected chi connectivity index (χ0v) is 13.9. The van der Waals surface area contributed by atoms with E-state index in [9.17, 15) is 5.26 Å². The van der Waals surface area contributed by atoms with Crippen LogP contribution in [0.25, 0.3) is 11.0 Å². The second-order valence-electron chi connectivity index (χ2n) is 6.48. The number of halogens is 1. The van der Waals surface area contributed by atoms with Gasteiger partial charge >= 0.3 is 0 Å². The minimum absolute atomic E-state index is 0.150. The van der Waals surface area contributed by atoms with Crippen LogP contribution in [0.2, 0.25) is 0 Å². The van der Waals surface area contributed by atoms with Crippen molar-refractivity contribution in [2.75, 3.05) is 5.88 Å². The van der Waals surface area contributed by atoms with Crippen LogP contribution in [0, 0.1) is 22.7 Å². The van der Waals surface area contributed by atoms with Crippen molar-refractivity contribution in [2.24, 2.45) is 11.3 Å². The van der Waals surface area contributed by atoms with Gasteiger partial charge in [0, 0.05) is 18.8 Å². The number of aromatic nitrogens is 2. The Kier molecular flexibility index (Phi) is 4.58. The first-order chi connectivity index (χ1) is 9.90. The van der Waals surface area contributed by atoms with Crippen LogP contribution in [0.3, 0.4) is 0 Å². The molecule has 1 aromatic carbocycles. The summed E-state index contributed by atoms with van der Waals surface area (Å²) in [4.78, 5) is 4.67. The van der Waals surface area contributed by atoms with Crippen LogP contribution in [-0.2, 0) is 13.0 Å². The lowest BCUT2D eigenvalue weighted by Gasteiger charge is -2.30. The third kappa shape index (κ3) is 3.06. The first-order valence-corrected chi connectivity index (χ1v) is 7.88. The molecule has 1 heterocycles. The molecule has 0 N–H and O–H groups in total. The molecule has 0 spiro atoms. The molecule has 0 amide bonds. The van der Waals surface area contributed by atoms with E-state index >= 15 is 0 Å². The molecule has 0 saturated heterocycles. The molecule has 21 heavy (non-hydrogen) atoms. The quantitative estimate of drug-likeness (QED) is 0.770. The van der Waals surface area contributed by atoms with Crippen molar-refractivity contribution in [3.63, 3.8) is 0 Å². The van der Waals surface area contributed by atoms with Gasteiger partial charge in [-0.2, -0.15) is 5.26 Å². The highest BCUT2D eigenvalue weighted by Crippen LogP contribution is 2.31. The van der Waals surface area contributed by atoms with Crippen molar-refractivity contribution in [1.29, 1.82) is 5.26 Å². The molecular formula is C17H22ClN3. The molecule has 0 unspecified atom stereocenters. The molecule has 0 bridgehead atoms. The summed E-state index contributed by atoms with van der Waals surface area (Å²) < 4.78 is 2.23. The molecular weight excluding hydrogens is 282 g/mol. The van der Waals surface area contributed by atoms with Gasteiger partial charge in [-0.25, -0.2) is 4.98 Å². The fraction of sp³-hybridized carbons (Fsp3) is 0.529. The number of hydrogen-bond acceptors (Lipinski definition) is 2. The summed E-state index contributed by atoms with van der Waals surface area (Å²) in [5, 5.41) is 9.26. The molecule has 0 aliphatic rings. The second kappa shape index (κ2) is 6.07. The zero-order chi connectivity index (χ0) is 15.6. The van der Waals surface area contributed by atoms with E-state index in [1.165, 1.54) is 0 Å². The van der Waals surface area contributed by atoms with Crippen LogP contribution >= 0.6 is 11.6 Å². The van der Waals surface area contributed by atoms with Gasteiger partial charge in [-0.1, -0.05) is 33.8 Å². The molecule has 0 aliphatic heterocycles. The molecule has 1 aromatic heterocycles. The molecule has 0 atom stereocenters. The Labute approximate surface area is 131 Å². The van der Waals surface area contributed by atoms with Crippen molar-refractivity contribution in [3.05, 3.63) is 29.6 Å². The second-order valence-corrected chi connectivity index (χ2v) is 6.86. The molecule has 112 valence electrons. The minimum atomic E-state index is 0.150. The standard InChI is InChI=1S/C17H22ClN3/c1-12(2)17(3,4)11-21-14-7-5-6-13(10-19)16(14)20-15(21)8-9-18/h5-7,12H,8-9,11H2,1-4H3. The lowest BCUT2D eigenvalue weighted by atomic mass is 9.81. The van der Waals surface area contributed by atoms with Crippen LogP contribution in [-0.4, -0.2) is 15.4 Å². The average molecular weight is 304 g/mol. The highest BCUT2D eigenvalue weighted by Gasteiger charge is 2.25. The lowest BCUT2D eigenvalue weighted by Crippen LogP contribution is -2.26. The average Bonchev–Trinajstić information content (AvgIpc) is 2.76. The largest absolute Gasteiger partial charge is 0.327 e. The SMILES string of the molecule is CC(C)C(C)(C)Cn1c(CCCl)nc2c(C#N)cccc21. The zero-order valence-electron chi connectivity index (χ0n) is 13.2. The Morgan fingerprint density at radius 1 is 1.38 bits per heavy atom. The Morgan fingerprint density at radius 2 is 2.10 bits per heavy atom. The van der Waals surface area contributed by atoms with Crippen molar-refractivity contribution >= 4 is 22.6 Å². The maximum Gasteiger partial charge on any atom is 0.111 e. The third-order valence-electron chi connectivity index (χ3n) is 4.43. The van der Waals surface area contributed by atoms with Crippen molar-refractivity contribution in [2.45, 2.75) is 40.7 Å². The Bertz CT molecular complexity index is 677. The first kappa shape index (κ1) is 15.9. The number of alkyl halides is 1. The highest BCUT2D eigenvalue weighted by molar-refractivity contribution is 6.17. The van der Waals surface area contributed by atoms with Crippen LogP contribution in [0.5, 0.6) is 0 Å². The van der Waals surface area contributed by atoms with Gasteiger partial charge in [0.1, 0.15) is 17.4 Å². The maximum absolute atomic E-state index is 9.26. The van der Waals surface area contributed by atoms with E-state index in [-0.39, 0.29) is 5.41 Å². The highest BCUT2D eigenvalue weighted by atomic mass is 35.5. The Balaban J connectivity index is 2.60. The number of hydrogen-bond donors (Lipinski definition) is 0. The van der Waals surface area contributed by atoms with Gasteiger partial charge in [0.05, 0.1) is 11.1 Å². The number of nitriles is 1. The fourth-order valence-corrected chi connectivity index (χ4v) is 2.50. The van der Waals surface area contributed by atoms with Crippen molar-refractivity contribution in [3.8, 4) is 6.07 Å². The van der Waals surface area contributed by atoms with Gasteiger partial charge in [0.2, 0.25) is 0 Å². The molecule has 4 heteroatoms. The van der Waals surface area contributed by atoms with E-state index in [1.807, 2.05) is 18.2 Å². The summed E-state index contributed by atoms with van der Waals surface area (Å²) in [5.41, 5.74) is 2.60. The third-order valence-corrected chi connectivity index (χ3v) is 4.61. The minimum Gasteiger partial charge on any atom is -0.327 e. The molecule has 3 nitrogen and oxygen atoms in total. The first-order valence-electron chi connectivity index (χ1n) is 7.35. The normalized spacial score (nSPS) is 12.0. The number of nitrogens with zero attached hydrogens (tertiary/aromatic N) is 3. The van der Waals surface area contributed by atoms with Gasteiger partial charge in [-0.15, -0.1) is 11.6 Å². The van der Waals surface area contributed by atoms with E-state index in [0.29, 0.717) is 17.4 Å². The van der Waals surface area contributed by atoms with Gasteiger partial charge in [0.25, 0.3) is 0 Å². The predicted molar refractivity (Wildman–Crippen MR) is 87.5 cm³/mol. The van der Waals surface area contributed by atoms with Gasteiger partial charge < -0.3 is 4.57 Å². The van der Waals surface area contributed by atoms with E-state index in [2.05, 4.69) is 43.3 Å². The number of benzene rings is 1. The monoisotopic (exact) mass is 303 g/mol. The number of para-hydroxylation sites is 1. The summed E-state index contributed by atoms with van der Waals surface area (Å²) in [5.74, 6) is 2.06. The summed E-state index contributed by atoms with van der Waals surface area (Å²) in [6, 6.07) is 8.01. The van der Waals surface area contributed by atoms with E-state index in [0.717, 1.165) is 29.8 Å². The van der Waals surface area contributed by atoms with Crippen LogP contribution in [0.4, 0.5) is 0 Å². The van der Waals surface area contributed by atoms with E-state index in [4.69, 9.17) is 11.6 Å². The Morgan fingerprint density at radius 3 is 2.67 bits per heavy atom. The smallest absolute Gasteiger partial charge is 0.111 e. The summed E-state index contributed by atoms with van der Waals surface area (Å²) in [6.45, 7) is 9.88. The van der Waals surface area contributed by atoms with Gasteiger partial charge in [-0.3, -0.25) is 0 Å². The molecule has 2 rings (SSSR count). The summed E-state index contributed by atoms with van der Waals surface area (Å²) >= 11 is 5.92. The Hall–Kier alpha value is -1.53. The summed E-state index contributed by atoms with van der Waals surface area (Å²) in [6.07, 6.45) is 0.718. The lowest BCUT2D eigenvalue weighted by molar-refractivity contribution is 0.210. The van der Waals surface area contributed by atoms with Gasteiger partial charge in [0.15, 0.2) is 0 Å². The molecule has 0 saturated carbocycles. The molecule has 0 aliphatic carbocycles. The predicted octanol–water partition coefficient (Wildman–Crippen LogP) is 4.37. The van der Waals surface area contributed by atoms with E-state index < -0.39 is 0 Å². The van der Waals surface area contributed by atoms with Crippen molar-refractivity contribution < 1.29 is 0 Å². The van der Waals surface area contributed by atoms with Crippen LogP contribution < -0.4 is 0 Å². The maximum atomic E-state index is 9.26. The van der Waals surface area contributed by atoms with Crippen LogP contribution in [0.15, 0.2) is 18.2 Å².